The summed E-state index contributed by atoms with van der Waals surface area (Å²) in [5.41, 5.74) is 1.33. The summed E-state index contributed by atoms with van der Waals surface area (Å²) in [7, 11) is 1.61. The minimum absolute atomic E-state index is 0.0359. The van der Waals surface area contributed by atoms with Gasteiger partial charge in [0.15, 0.2) is 0 Å². The van der Waals surface area contributed by atoms with E-state index in [4.69, 9.17) is 0 Å². The number of rotatable bonds is 3. The van der Waals surface area contributed by atoms with Gasteiger partial charge in [0.05, 0.1) is 6.42 Å². The molecule has 0 atom stereocenters. The van der Waals surface area contributed by atoms with Crippen LogP contribution in [0, 0.1) is 0 Å². The van der Waals surface area contributed by atoms with Crippen LogP contribution < -0.4 is 16.0 Å². The summed E-state index contributed by atoms with van der Waals surface area (Å²) in [5, 5.41) is 8.12. The minimum Gasteiger partial charge on any atom is -0.359 e. The molecule has 104 valence electrons. The average Bonchev–Trinajstić information content (AvgIpc) is 2.29. The van der Waals surface area contributed by atoms with Gasteiger partial charge in [0.2, 0.25) is 5.91 Å². The van der Waals surface area contributed by atoms with E-state index in [1.165, 1.54) is 0 Å². The highest BCUT2D eigenvalue weighted by molar-refractivity contribution is 5.89. The Balaban J connectivity index is 2.57. The van der Waals surface area contributed by atoms with E-state index in [-0.39, 0.29) is 17.5 Å². The van der Waals surface area contributed by atoms with Gasteiger partial charge in [-0.2, -0.15) is 0 Å². The van der Waals surface area contributed by atoms with Crippen molar-refractivity contribution in [2.45, 2.75) is 32.7 Å². The van der Waals surface area contributed by atoms with Crippen LogP contribution in [-0.4, -0.2) is 24.5 Å². The smallest absolute Gasteiger partial charge is 0.319 e. The topological polar surface area (TPSA) is 70.2 Å². The average molecular weight is 263 g/mol. The van der Waals surface area contributed by atoms with Gasteiger partial charge in [-0.05, 0) is 38.5 Å². The standard InChI is InChI=1S/C14H21N3O2/c1-14(2,3)17-13(19)16-11-7-5-10(6-8-11)9-12(18)15-4/h5-8H,9H2,1-4H3,(H,15,18)(H2,16,17,19). The van der Waals surface area contributed by atoms with Crippen LogP contribution in [0.1, 0.15) is 26.3 Å². The van der Waals surface area contributed by atoms with Gasteiger partial charge in [0.1, 0.15) is 0 Å². The minimum atomic E-state index is -0.275. The molecule has 0 unspecified atom stereocenters. The predicted octanol–water partition coefficient (Wildman–Crippen LogP) is 1.90. The number of amides is 3. The molecule has 1 rings (SSSR count). The number of benzene rings is 1. The number of hydrogen-bond donors (Lipinski definition) is 3. The second-order valence-electron chi connectivity index (χ2n) is 5.38. The fraction of sp³-hybridized carbons (Fsp3) is 0.429. The fourth-order valence-corrected chi connectivity index (χ4v) is 1.48. The number of urea groups is 1. The predicted molar refractivity (Wildman–Crippen MR) is 76.1 cm³/mol. The second kappa shape index (κ2) is 6.22. The Morgan fingerprint density at radius 3 is 2.16 bits per heavy atom. The maximum absolute atomic E-state index is 11.7. The molecule has 3 amide bonds. The van der Waals surface area contributed by atoms with E-state index in [0.29, 0.717) is 12.1 Å². The molecule has 0 aliphatic carbocycles. The molecule has 0 spiro atoms. The first-order valence-electron chi connectivity index (χ1n) is 6.19. The normalized spacial score (nSPS) is 10.7. The Morgan fingerprint density at radius 1 is 1.11 bits per heavy atom. The zero-order valence-corrected chi connectivity index (χ0v) is 11.8. The maximum atomic E-state index is 11.7. The number of carbonyl (C=O) groups is 2. The molecule has 0 saturated carbocycles. The maximum Gasteiger partial charge on any atom is 0.319 e. The van der Waals surface area contributed by atoms with Crippen molar-refractivity contribution < 1.29 is 9.59 Å². The highest BCUT2D eigenvalue weighted by atomic mass is 16.2. The van der Waals surface area contributed by atoms with Gasteiger partial charge < -0.3 is 16.0 Å². The highest BCUT2D eigenvalue weighted by Crippen LogP contribution is 2.10. The molecule has 1 aromatic rings. The monoisotopic (exact) mass is 263 g/mol. The molecule has 19 heavy (non-hydrogen) atoms. The van der Waals surface area contributed by atoms with Crippen LogP contribution in [0.25, 0.3) is 0 Å². The molecular formula is C14H21N3O2. The van der Waals surface area contributed by atoms with E-state index in [1.807, 2.05) is 32.9 Å². The number of carbonyl (C=O) groups excluding carboxylic acids is 2. The first-order valence-corrected chi connectivity index (χ1v) is 6.19. The first-order chi connectivity index (χ1) is 8.80. The lowest BCUT2D eigenvalue weighted by Crippen LogP contribution is -2.43. The third-order valence-electron chi connectivity index (χ3n) is 2.34. The van der Waals surface area contributed by atoms with Gasteiger partial charge in [0, 0.05) is 18.3 Å². The summed E-state index contributed by atoms with van der Waals surface area (Å²) >= 11 is 0. The van der Waals surface area contributed by atoms with Crippen LogP contribution in [0.5, 0.6) is 0 Å². The van der Waals surface area contributed by atoms with Crippen molar-refractivity contribution in [2.75, 3.05) is 12.4 Å². The van der Waals surface area contributed by atoms with Crippen molar-refractivity contribution in [2.24, 2.45) is 0 Å². The van der Waals surface area contributed by atoms with Crippen molar-refractivity contribution in [3.8, 4) is 0 Å². The first kappa shape index (κ1) is 15.0. The quantitative estimate of drug-likeness (QED) is 0.779. The van der Waals surface area contributed by atoms with Crippen molar-refractivity contribution in [3.05, 3.63) is 29.8 Å². The van der Waals surface area contributed by atoms with Crippen LogP contribution in [-0.2, 0) is 11.2 Å². The van der Waals surface area contributed by atoms with Gasteiger partial charge in [-0.15, -0.1) is 0 Å². The van der Waals surface area contributed by atoms with E-state index in [9.17, 15) is 9.59 Å². The molecular weight excluding hydrogens is 242 g/mol. The van der Waals surface area contributed by atoms with Gasteiger partial charge in [-0.1, -0.05) is 12.1 Å². The molecule has 0 aromatic heterocycles. The van der Waals surface area contributed by atoms with Crippen molar-refractivity contribution >= 4 is 17.6 Å². The largest absolute Gasteiger partial charge is 0.359 e. The summed E-state index contributed by atoms with van der Waals surface area (Å²) in [6, 6.07) is 6.96. The highest BCUT2D eigenvalue weighted by Gasteiger charge is 2.13. The Bertz CT molecular complexity index is 447. The van der Waals surface area contributed by atoms with E-state index in [2.05, 4.69) is 16.0 Å². The van der Waals surface area contributed by atoms with Crippen molar-refractivity contribution in [1.29, 1.82) is 0 Å². The van der Waals surface area contributed by atoms with E-state index < -0.39 is 0 Å². The molecule has 0 saturated heterocycles. The molecule has 0 radical (unpaired) electrons. The summed E-state index contributed by atoms with van der Waals surface area (Å²) < 4.78 is 0. The molecule has 0 bridgehead atoms. The number of nitrogens with one attached hydrogen (secondary N) is 3. The molecule has 5 nitrogen and oxygen atoms in total. The van der Waals surface area contributed by atoms with Crippen LogP contribution in [0.4, 0.5) is 10.5 Å². The van der Waals surface area contributed by atoms with Crippen LogP contribution in [0.2, 0.25) is 0 Å². The van der Waals surface area contributed by atoms with Gasteiger partial charge >= 0.3 is 6.03 Å². The van der Waals surface area contributed by atoms with Crippen LogP contribution in [0.15, 0.2) is 24.3 Å². The summed E-state index contributed by atoms with van der Waals surface area (Å²) in [6.07, 6.45) is 0.338. The summed E-state index contributed by atoms with van der Waals surface area (Å²) in [4.78, 5) is 22.9. The Kier molecular flexibility index (Phi) is 4.92. The molecule has 0 heterocycles. The Hall–Kier alpha value is -2.04. The Labute approximate surface area is 113 Å². The molecule has 3 N–H and O–H groups in total. The van der Waals surface area contributed by atoms with Gasteiger partial charge in [-0.3, -0.25) is 4.79 Å². The number of anilines is 1. The summed E-state index contributed by atoms with van der Waals surface area (Å²) in [5.74, 6) is -0.0359. The zero-order chi connectivity index (χ0) is 14.5. The fourth-order valence-electron chi connectivity index (χ4n) is 1.48. The number of hydrogen-bond acceptors (Lipinski definition) is 2. The summed E-state index contributed by atoms with van der Waals surface area (Å²) in [6.45, 7) is 5.75. The van der Waals surface area contributed by atoms with Crippen molar-refractivity contribution in [1.82, 2.24) is 10.6 Å². The third kappa shape index (κ3) is 5.90. The lowest BCUT2D eigenvalue weighted by Gasteiger charge is -2.20. The van der Waals surface area contributed by atoms with Gasteiger partial charge in [-0.25, -0.2) is 4.79 Å². The molecule has 0 aliphatic rings. The lowest BCUT2D eigenvalue weighted by atomic mass is 10.1. The van der Waals surface area contributed by atoms with Crippen LogP contribution in [0.3, 0.4) is 0 Å². The van der Waals surface area contributed by atoms with E-state index in [0.717, 1.165) is 5.56 Å². The van der Waals surface area contributed by atoms with Crippen molar-refractivity contribution in [3.63, 3.8) is 0 Å². The van der Waals surface area contributed by atoms with Gasteiger partial charge in [0.25, 0.3) is 0 Å². The third-order valence-corrected chi connectivity index (χ3v) is 2.34. The van der Waals surface area contributed by atoms with E-state index in [1.54, 1.807) is 19.2 Å². The van der Waals surface area contributed by atoms with Crippen LogP contribution >= 0.6 is 0 Å². The lowest BCUT2D eigenvalue weighted by molar-refractivity contribution is -0.119. The molecule has 5 heteroatoms. The molecule has 0 aliphatic heterocycles. The molecule has 1 aromatic carbocycles. The number of likely N-dealkylation sites (N-methyl/N-ethyl adjacent to an activating group) is 1. The van der Waals surface area contributed by atoms with E-state index >= 15 is 0 Å². The second-order valence-corrected chi connectivity index (χ2v) is 5.38. The molecule has 0 fully saturated rings. The SMILES string of the molecule is CNC(=O)Cc1ccc(NC(=O)NC(C)(C)C)cc1. The Morgan fingerprint density at radius 2 is 1.68 bits per heavy atom. The zero-order valence-electron chi connectivity index (χ0n) is 11.8.